The van der Waals surface area contributed by atoms with Gasteiger partial charge in [0.2, 0.25) is 5.13 Å². The van der Waals surface area contributed by atoms with E-state index in [2.05, 4.69) is 15.5 Å². The van der Waals surface area contributed by atoms with Gasteiger partial charge in [-0.2, -0.15) is 0 Å². The Morgan fingerprint density at radius 2 is 2.07 bits per heavy atom. The lowest BCUT2D eigenvalue weighted by molar-refractivity contribution is -0.122. The van der Waals surface area contributed by atoms with Crippen molar-refractivity contribution in [3.8, 4) is 5.75 Å². The minimum absolute atomic E-state index is 0.310. The van der Waals surface area contributed by atoms with Crippen LogP contribution < -0.4 is 15.7 Å². The number of hydrogen-bond donors (Lipinski definition) is 1. The fourth-order valence-corrected chi connectivity index (χ4v) is 3.66. The van der Waals surface area contributed by atoms with E-state index in [1.54, 1.807) is 26.0 Å². The first-order valence-electron chi connectivity index (χ1n) is 8.77. The molecular weight excluding hydrogens is 366 g/mol. The zero-order chi connectivity index (χ0) is 19.1. The summed E-state index contributed by atoms with van der Waals surface area (Å²) in [6.45, 7) is 5.27. The fourth-order valence-electron chi connectivity index (χ4n) is 2.75. The van der Waals surface area contributed by atoms with Gasteiger partial charge in [0.05, 0.1) is 0 Å². The van der Waals surface area contributed by atoms with Crippen molar-refractivity contribution in [2.75, 3.05) is 5.32 Å². The van der Waals surface area contributed by atoms with Gasteiger partial charge in [0.25, 0.3) is 5.91 Å². The Morgan fingerprint density at radius 1 is 1.30 bits per heavy atom. The van der Waals surface area contributed by atoms with Gasteiger partial charge in [-0.25, -0.2) is 4.79 Å². The number of rotatable bonds is 5. The minimum Gasteiger partial charge on any atom is -0.481 e. The van der Waals surface area contributed by atoms with Crippen LogP contribution in [0.2, 0.25) is 0 Å². The number of carbonyl (C=O) groups is 1. The molecule has 1 aromatic carbocycles. The molecule has 1 fully saturated rings. The number of ether oxygens (including phenoxy) is 1. The Kier molecular flexibility index (Phi) is 4.43. The Labute approximate surface area is 159 Å². The molecule has 0 aliphatic heterocycles. The van der Waals surface area contributed by atoms with Crippen LogP contribution in [0.4, 0.5) is 5.13 Å². The first-order chi connectivity index (χ1) is 12.9. The maximum Gasteiger partial charge on any atom is 0.339 e. The van der Waals surface area contributed by atoms with Crippen LogP contribution in [0, 0.1) is 13.8 Å². The third-order valence-corrected chi connectivity index (χ3v) is 5.71. The number of carbonyl (C=O) groups excluding carboxylic acids is 1. The second-order valence-corrected chi connectivity index (χ2v) is 7.78. The van der Waals surface area contributed by atoms with Gasteiger partial charge in [-0.3, -0.25) is 10.1 Å². The molecule has 0 bridgehead atoms. The first-order valence-corrected chi connectivity index (χ1v) is 9.59. The van der Waals surface area contributed by atoms with Gasteiger partial charge in [-0.15, -0.1) is 10.2 Å². The third-order valence-electron chi connectivity index (χ3n) is 4.71. The SMILES string of the molecule is Cc1c(C)c2ccc(OC(C)C(=O)Nc3nnc(C4CC4)s3)cc2oc1=O. The number of benzene rings is 1. The van der Waals surface area contributed by atoms with Crippen molar-refractivity contribution in [3.05, 3.63) is 44.8 Å². The summed E-state index contributed by atoms with van der Waals surface area (Å²) in [5, 5.41) is 13.1. The van der Waals surface area contributed by atoms with Crippen LogP contribution in [0.5, 0.6) is 5.75 Å². The lowest BCUT2D eigenvalue weighted by Gasteiger charge is -2.14. The van der Waals surface area contributed by atoms with Gasteiger partial charge in [0, 0.05) is 22.9 Å². The highest BCUT2D eigenvalue weighted by molar-refractivity contribution is 7.15. The molecule has 1 amide bonds. The predicted molar refractivity (Wildman–Crippen MR) is 103 cm³/mol. The number of fused-ring (bicyclic) bond motifs is 1. The van der Waals surface area contributed by atoms with Crippen LogP contribution >= 0.6 is 11.3 Å². The summed E-state index contributed by atoms with van der Waals surface area (Å²) < 4.78 is 11.0. The average molecular weight is 385 g/mol. The molecule has 0 radical (unpaired) electrons. The number of hydrogen-bond acceptors (Lipinski definition) is 7. The molecule has 1 unspecified atom stereocenters. The van der Waals surface area contributed by atoms with Crippen molar-refractivity contribution in [2.45, 2.75) is 45.6 Å². The standard InChI is InChI=1S/C19H19N3O4S/c1-9-10(2)18(24)26-15-8-13(6-7-14(9)15)25-11(3)16(23)20-19-22-21-17(27-19)12-4-5-12/h6-8,11-12H,4-5H2,1-3H3,(H,20,22,23). The summed E-state index contributed by atoms with van der Waals surface area (Å²) in [5.41, 5.74) is 1.53. The molecule has 1 aliphatic rings. The van der Waals surface area contributed by atoms with Crippen molar-refractivity contribution in [3.63, 3.8) is 0 Å². The highest BCUT2D eigenvalue weighted by Crippen LogP contribution is 2.42. The number of aryl methyl sites for hydroxylation is 1. The van der Waals surface area contributed by atoms with E-state index in [4.69, 9.17) is 9.15 Å². The fraction of sp³-hybridized carbons (Fsp3) is 0.368. The quantitative estimate of drug-likeness (QED) is 0.675. The van der Waals surface area contributed by atoms with Crippen molar-refractivity contribution in [1.82, 2.24) is 10.2 Å². The van der Waals surface area contributed by atoms with Crippen molar-refractivity contribution >= 4 is 33.3 Å². The lowest BCUT2D eigenvalue weighted by Crippen LogP contribution is -2.30. The molecule has 8 heteroatoms. The second kappa shape index (κ2) is 6.77. The largest absolute Gasteiger partial charge is 0.481 e. The smallest absolute Gasteiger partial charge is 0.339 e. The van der Waals surface area contributed by atoms with Crippen LogP contribution in [-0.2, 0) is 4.79 Å². The summed E-state index contributed by atoms with van der Waals surface area (Å²) >= 11 is 1.40. The van der Waals surface area contributed by atoms with E-state index in [0.29, 0.717) is 27.9 Å². The summed E-state index contributed by atoms with van der Waals surface area (Å²) in [6.07, 6.45) is 1.53. The Bertz CT molecular complexity index is 1080. The second-order valence-electron chi connectivity index (χ2n) is 6.77. The van der Waals surface area contributed by atoms with Gasteiger partial charge in [0.15, 0.2) is 6.10 Å². The number of amides is 1. The van der Waals surface area contributed by atoms with Crippen LogP contribution in [0.1, 0.15) is 41.8 Å². The number of aromatic nitrogens is 2. The Hall–Kier alpha value is -2.74. The molecule has 0 saturated heterocycles. The molecule has 140 valence electrons. The zero-order valence-corrected chi connectivity index (χ0v) is 16.1. The lowest BCUT2D eigenvalue weighted by atomic mass is 10.1. The molecule has 1 saturated carbocycles. The maximum absolute atomic E-state index is 12.4. The van der Waals surface area contributed by atoms with Gasteiger partial charge in [0.1, 0.15) is 16.3 Å². The predicted octanol–water partition coefficient (Wildman–Crippen LogP) is 3.54. The van der Waals surface area contributed by atoms with Gasteiger partial charge < -0.3 is 9.15 Å². The number of nitrogens with zero attached hydrogens (tertiary/aromatic N) is 2. The van der Waals surface area contributed by atoms with E-state index in [-0.39, 0.29) is 11.5 Å². The molecule has 4 rings (SSSR count). The topological polar surface area (TPSA) is 94.3 Å². The minimum atomic E-state index is -0.742. The van der Waals surface area contributed by atoms with Crippen LogP contribution in [0.25, 0.3) is 11.0 Å². The van der Waals surface area contributed by atoms with Gasteiger partial charge >= 0.3 is 5.63 Å². The van der Waals surface area contributed by atoms with E-state index in [9.17, 15) is 9.59 Å². The Morgan fingerprint density at radius 3 is 2.81 bits per heavy atom. The van der Waals surface area contributed by atoms with Gasteiger partial charge in [-0.05, 0) is 51.3 Å². The van der Waals surface area contributed by atoms with E-state index in [1.165, 1.54) is 11.3 Å². The summed E-state index contributed by atoms with van der Waals surface area (Å²) in [7, 11) is 0. The summed E-state index contributed by atoms with van der Waals surface area (Å²) in [4.78, 5) is 24.2. The average Bonchev–Trinajstić information content (AvgIpc) is 3.39. The number of anilines is 1. The van der Waals surface area contributed by atoms with Gasteiger partial charge in [-0.1, -0.05) is 11.3 Å². The van der Waals surface area contributed by atoms with Crippen LogP contribution in [0.15, 0.2) is 27.4 Å². The number of nitrogens with one attached hydrogen (secondary N) is 1. The molecule has 3 aromatic rings. The monoisotopic (exact) mass is 385 g/mol. The summed E-state index contributed by atoms with van der Waals surface area (Å²) in [5.74, 6) is 0.642. The highest BCUT2D eigenvalue weighted by Gasteiger charge is 2.28. The van der Waals surface area contributed by atoms with E-state index in [0.717, 1.165) is 28.8 Å². The van der Waals surface area contributed by atoms with Crippen molar-refractivity contribution in [1.29, 1.82) is 0 Å². The molecule has 2 aromatic heterocycles. The van der Waals surface area contributed by atoms with Crippen LogP contribution in [0.3, 0.4) is 0 Å². The van der Waals surface area contributed by atoms with Crippen molar-refractivity contribution < 1.29 is 13.9 Å². The Balaban J connectivity index is 1.47. The van der Waals surface area contributed by atoms with Crippen molar-refractivity contribution in [2.24, 2.45) is 0 Å². The summed E-state index contributed by atoms with van der Waals surface area (Å²) in [6, 6.07) is 5.21. The van der Waals surface area contributed by atoms with E-state index in [1.807, 2.05) is 13.0 Å². The zero-order valence-electron chi connectivity index (χ0n) is 15.2. The molecule has 1 N–H and O–H groups in total. The van der Waals surface area contributed by atoms with E-state index >= 15 is 0 Å². The molecule has 1 aliphatic carbocycles. The molecular formula is C19H19N3O4S. The first kappa shape index (κ1) is 17.7. The molecule has 1 atom stereocenters. The third kappa shape index (κ3) is 3.57. The normalized spacial score (nSPS) is 14.9. The highest BCUT2D eigenvalue weighted by atomic mass is 32.1. The van der Waals surface area contributed by atoms with Crippen LogP contribution in [-0.4, -0.2) is 22.2 Å². The van der Waals surface area contributed by atoms with E-state index < -0.39 is 6.10 Å². The molecule has 2 heterocycles. The maximum atomic E-state index is 12.4. The molecule has 0 spiro atoms. The molecule has 7 nitrogen and oxygen atoms in total. The molecule has 27 heavy (non-hydrogen) atoms.